The maximum absolute atomic E-state index is 12.3. The van der Waals surface area contributed by atoms with Gasteiger partial charge < -0.3 is 5.11 Å². The highest BCUT2D eigenvalue weighted by molar-refractivity contribution is 6.33. The van der Waals surface area contributed by atoms with E-state index in [4.69, 9.17) is 11.6 Å². The average molecular weight is 413 g/mol. The fourth-order valence-electron chi connectivity index (χ4n) is 2.68. The zero-order valence-electron chi connectivity index (χ0n) is 15.6. The lowest BCUT2D eigenvalue weighted by Crippen LogP contribution is -2.33. The van der Waals surface area contributed by atoms with Gasteiger partial charge in [0, 0.05) is 0 Å². The summed E-state index contributed by atoms with van der Waals surface area (Å²) in [5, 5.41) is 14.7. The summed E-state index contributed by atoms with van der Waals surface area (Å²) in [4.78, 5) is 38.9. The molecule has 0 aliphatic rings. The zero-order valence-corrected chi connectivity index (χ0v) is 16.3. The predicted octanol–water partition coefficient (Wildman–Crippen LogP) is 2.35. The lowest BCUT2D eigenvalue weighted by Gasteiger charge is -2.11. The van der Waals surface area contributed by atoms with Gasteiger partial charge in [0.1, 0.15) is 5.56 Å². The third kappa shape index (κ3) is 4.12. The van der Waals surface area contributed by atoms with Crippen molar-refractivity contribution in [3.8, 4) is 11.6 Å². The first-order valence-electron chi connectivity index (χ1n) is 8.54. The number of nitrogens with one attached hydrogen (secondary N) is 2. The van der Waals surface area contributed by atoms with Gasteiger partial charge in [-0.05, 0) is 38.1 Å². The topological polar surface area (TPSA) is 117 Å². The fraction of sp³-hybridized carbons (Fsp3) is 0.100. The van der Waals surface area contributed by atoms with Gasteiger partial charge in [-0.2, -0.15) is 5.10 Å². The third-order valence-corrected chi connectivity index (χ3v) is 4.51. The standard InChI is InChI=1S/C20H17ClN4O4/c1-11-7-9-13(10-8-11)25-19(28)16(18(27)22-20(25)29)12(2)23-24-17(26)14-5-3-4-6-15(14)21/h3-10,28H,1-2H3,(H,24,26)(H,22,27,29). The van der Waals surface area contributed by atoms with E-state index in [0.29, 0.717) is 5.69 Å². The molecule has 0 saturated carbocycles. The fourth-order valence-corrected chi connectivity index (χ4v) is 2.90. The Morgan fingerprint density at radius 1 is 1.14 bits per heavy atom. The molecule has 0 aliphatic heterocycles. The summed E-state index contributed by atoms with van der Waals surface area (Å²) in [6.45, 7) is 3.30. The number of aromatic amines is 1. The monoisotopic (exact) mass is 412 g/mol. The first-order chi connectivity index (χ1) is 13.8. The Balaban J connectivity index is 2.01. The van der Waals surface area contributed by atoms with Gasteiger partial charge in [-0.1, -0.05) is 41.4 Å². The number of amides is 1. The van der Waals surface area contributed by atoms with Crippen LogP contribution in [-0.2, 0) is 0 Å². The number of hydrogen-bond donors (Lipinski definition) is 3. The normalized spacial score (nSPS) is 11.3. The summed E-state index contributed by atoms with van der Waals surface area (Å²) < 4.78 is 0.949. The molecule has 0 unspecified atom stereocenters. The van der Waals surface area contributed by atoms with Crippen LogP contribution in [0.4, 0.5) is 0 Å². The molecule has 0 aliphatic carbocycles. The summed E-state index contributed by atoms with van der Waals surface area (Å²) in [5.74, 6) is -1.17. The molecular weight excluding hydrogens is 396 g/mol. The summed E-state index contributed by atoms with van der Waals surface area (Å²) in [6.07, 6.45) is 0. The number of benzene rings is 2. The molecule has 29 heavy (non-hydrogen) atoms. The van der Waals surface area contributed by atoms with Crippen molar-refractivity contribution in [3.63, 3.8) is 0 Å². The Morgan fingerprint density at radius 3 is 2.45 bits per heavy atom. The molecule has 0 fully saturated rings. The highest BCUT2D eigenvalue weighted by atomic mass is 35.5. The number of rotatable bonds is 4. The maximum Gasteiger partial charge on any atom is 0.335 e. The van der Waals surface area contributed by atoms with Crippen LogP contribution < -0.4 is 16.7 Å². The number of nitrogens with zero attached hydrogens (tertiary/aromatic N) is 2. The molecular formula is C20H17ClN4O4. The number of aromatic nitrogens is 2. The molecule has 148 valence electrons. The van der Waals surface area contributed by atoms with Gasteiger partial charge >= 0.3 is 5.69 Å². The Bertz CT molecular complexity index is 1230. The minimum atomic E-state index is -0.830. The first kappa shape index (κ1) is 20.1. The number of hydrogen-bond acceptors (Lipinski definition) is 5. The summed E-state index contributed by atoms with van der Waals surface area (Å²) in [5.41, 5.74) is 1.95. The van der Waals surface area contributed by atoms with Crippen LogP contribution in [0.5, 0.6) is 5.88 Å². The molecule has 0 radical (unpaired) electrons. The lowest BCUT2D eigenvalue weighted by atomic mass is 10.2. The van der Waals surface area contributed by atoms with E-state index in [0.717, 1.165) is 10.1 Å². The van der Waals surface area contributed by atoms with E-state index in [9.17, 15) is 19.5 Å². The molecule has 1 heterocycles. The predicted molar refractivity (Wildman–Crippen MR) is 110 cm³/mol. The SMILES string of the molecule is CC(=NNC(=O)c1ccccc1Cl)c1c(O)n(-c2ccc(C)cc2)c(=O)[nH]c1=O. The van der Waals surface area contributed by atoms with E-state index in [-0.39, 0.29) is 21.9 Å². The molecule has 0 atom stereocenters. The van der Waals surface area contributed by atoms with E-state index >= 15 is 0 Å². The van der Waals surface area contributed by atoms with E-state index in [2.05, 4.69) is 15.5 Å². The molecule has 3 rings (SSSR count). The van der Waals surface area contributed by atoms with Gasteiger partial charge in [0.25, 0.3) is 11.5 Å². The van der Waals surface area contributed by atoms with Crippen LogP contribution in [0.2, 0.25) is 5.02 Å². The van der Waals surface area contributed by atoms with Crippen molar-refractivity contribution in [1.29, 1.82) is 0 Å². The van der Waals surface area contributed by atoms with Crippen molar-refractivity contribution < 1.29 is 9.90 Å². The zero-order chi connectivity index (χ0) is 21.1. The second-order valence-electron chi connectivity index (χ2n) is 6.25. The number of halogens is 1. The van der Waals surface area contributed by atoms with Gasteiger partial charge in [-0.25, -0.2) is 14.8 Å². The van der Waals surface area contributed by atoms with Gasteiger partial charge in [-0.3, -0.25) is 14.6 Å². The molecule has 3 N–H and O–H groups in total. The van der Waals surface area contributed by atoms with E-state index < -0.39 is 23.0 Å². The Kier molecular flexibility index (Phi) is 5.65. The number of aromatic hydroxyl groups is 1. The number of hydrazone groups is 1. The average Bonchev–Trinajstić information content (AvgIpc) is 2.67. The van der Waals surface area contributed by atoms with Crippen LogP contribution in [0.3, 0.4) is 0 Å². The van der Waals surface area contributed by atoms with Crippen molar-refractivity contribution in [2.75, 3.05) is 0 Å². The van der Waals surface area contributed by atoms with E-state index in [1.54, 1.807) is 42.5 Å². The first-order valence-corrected chi connectivity index (χ1v) is 8.92. The largest absolute Gasteiger partial charge is 0.493 e. The van der Waals surface area contributed by atoms with Crippen molar-refractivity contribution in [3.05, 3.63) is 91.1 Å². The number of carbonyl (C=O) groups is 1. The van der Waals surface area contributed by atoms with Crippen molar-refractivity contribution in [2.24, 2.45) is 5.10 Å². The molecule has 1 aromatic heterocycles. The molecule has 9 heteroatoms. The Hall–Kier alpha value is -3.65. The molecule has 0 bridgehead atoms. The van der Waals surface area contributed by atoms with Gasteiger partial charge in [0.15, 0.2) is 0 Å². The minimum absolute atomic E-state index is 0.00464. The second kappa shape index (κ2) is 8.15. The van der Waals surface area contributed by atoms with Gasteiger partial charge in [0.05, 0.1) is 22.0 Å². The smallest absolute Gasteiger partial charge is 0.335 e. The highest BCUT2D eigenvalue weighted by Crippen LogP contribution is 2.18. The quantitative estimate of drug-likeness (QED) is 0.450. The van der Waals surface area contributed by atoms with Crippen LogP contribution in [0.15, 0.2) is 63.2 Å². The van der Waals surface area contributed by atoms with Gasteiger partial charge in [0.2, 0.25) is 5.88 Å². The maximum atomic E-state index is 12.3. The molecule has 3 aromatic rings. The van der Waals surface area contributed by atoms with Crippen LogP contribution in [0, 0.1) is 6.92 Å². The van der Waals surface area contributed by atoms with Crippen molar-refractivity contribution >= 4 is 23.2 Å². The van der Waals surface area contributed by atoms with E-state index in [1.165, 1.54) is 13.0 Å². The minimum Gasteiger partial charge on any atom is -0.493 e. The second-order valence-corrected chi connectivity index (χ2v) is 6.65. The van der Waals surface area contributed by atoms with Crippen LogP contribution in [0.1, 0.15) is 28.4 Å². The van der Waals surface area contributed by atoms with Crippen molar-refractivity contribution in [2.45, 2.75) is 13.8 Å². The van der Waals surface area contributed by atoms with Crippen molar-refractivity contribution in [1.82, 2.24) is 15.0 Å². The number of aryl methyl sites for hydroxylation is 1. The van der Waals surface area contributed by atoms with Gasteiger partial charge in [-0.15, -0.1) is 0 Å². The molecule has 0 saturated heterocycles. The van der Waals surface area contributed by atoms with Crippen LogP contribution in [-0.4, -0.2) is 26.3 Å². The Labute approximate surface area is 170 Å². The third-order valence-electron chi connectivity index (χ3n) is 4.18. The number of H-pyrrole nitrogens is 1. The van der Waals surface area contributed by atoms with Crippen LogP contribution in [0.25, 0.3) is 5.69 Å². The number of carbonyl (C=O) groups excluding carboxylic acids is 1. The summed E-state index contributed by atoms with van der Waals surface area (Å²) in [6, 6.07) is 13.2. The molecule has 8 nitrogen and oxygen atoms in total. The summed E-state index contributed by atoms with van der Waals surface area (Å²) >= 11 is 5.98. The summed E-state index contributed by atoms with van der Waals surface area (Å²) in [7, 11) is 0. The molecule has 0 spiro atoms. The van der Waals surface area contributed by atoms with E-state index in [1.807, 2.05) is 6.92 Å². The Morgan fingerprint density at radius 2 is 1.79 bits per heavy atom. The lowest BCUT2D eigenvalue weighted by molar-refractivity contribution is 0.0955. The molecule has 1 amide bonds. The highest BCUT2D eigenvalue weighted by Gasteiger charge is 2.18. The molecule has 2 aromatic carbocycles. The van der Waals surface area contributed by atoms with Crippen LogP contribution >= 0.6 is 11.6 Å².